The molecule has 4 aromatic rings. The van der Waals surface area contributed by atoms with Crippen molar-refractivity contribution in [2.45, 2.75) is 0 Å². The van der Waals surface area contributed by atoms with E-state index in [1.165, 1.54) is 0 Å². The standard InChI is InChI=1S/C19H13BN2O2/c23-19-14-7-1-3-10-16(14)21-20(22-19)15-9-5-8-13-12-6-2-4-11-17(12)24-18(13)15/h1-11,21H,(H,22,23). The molecule has 0 spiro atoms. The van der Waals surface area contributed by atoms with Crippen molar-refractivity contribution in [2.75, 3.05) is 5.23 Å². The molecule has 0 unspecified atom stereocenters. The first-order valence-corrected chi connectivity index (χ1v) is 7.88. The summed E-state index contributed by atoms with van der Waals surface area (Å²) in [6.45, 7) is -0.323. The van der Waals surface area contributed by atoms with Crippen molar-refractivity contribution in [1.82, 2.24) is 5.23 Å². The summed E-state index contributed by atoms with van der Waals surface area (Å²) >= 11 is 0. The Morgan fingerprint density at radius 2 is 1.58 bits per heavy atom. The maximum atomic E-state index is 12.4. The van der Waals surface area contributed by atoms with Crippen LogP contribution in [-0.2, 0) is 0 Å². The van der Waals surface area contributed by atoms with Gasteiger partial charge in [-0.3, -0.25) is 4.79 Å². The van der Waals surface area contributed by atoms with E-state index in [1.807, 2.05) is 66.7 Å². The number of furan rings is 1. The van der Waals surface area contributed by atoms with Gasteiger partial charge in [0.25, 0.3) is 0 Å². The summed E-state index contributed by atoms with van der Waals surface area (Å²) in [6.07, 6.45) is 0. The molecule has 114 valence electrons. The zero-order valence-corrected chi connectivity index (χ0v) is 12.7. The zero-order chi connectivity index (χ0) is 16.1. The minimum absolute atomic E-state index is 0.0811. The number of amides is 1. The topological polar surface area (TPSA) is 54.3 Å². The lowest BCUT2D eigenvalue weighted by molar-refractivity contribution is 0.0979. The van der Waals surface area contributed by atoms with E-state index in [4.69, 9.17) is 4.42 Å². The fraction of sp³-hybridized carbons (Fsp3) is 0. The lowest BCUT2D eigenvalue weighted by Crippen LogP contribution is -2.57. The van der Waals surface area contributed by atoms with Crippen LogP contribution in [0.2, 0.25) is 0 Å². The minimum atomic E-state index is -0.323. The second-order valence-electron chi connectivity index (χ2n) is 5.92. The van der Waals surface area contributed by atoms with Gasteiger partial charge < -0.3 is 14.9 Å². The molecule has 0 saturated heterocycles. The van der Waals surface area contributed by atoms with Crippen LogP contribution in [0.25, 0.3) is 21.9 Å². The van der Waals surface area contributed by atoms with Crippen LogP contribution in [0.15, 0.2) is 71.1 Å². The van der Waals surface area contributed by atoms with Gasteiger partial charge in [0, 0.05) is 21.9 Å². The Hall–Kier alpha value is -3.21. The molecule has 0 atom stereocenters. The Bertz CT molecular complexity index is 1100. The van der Waals surface area contributed by atoms with E-state index < -0.39 is 0 Å². The first-order valence-electron chi connectivity index (χ1n) is 7.88. The Balaban J connectivity index is 1.69. The second-order valence-corrected chi connectivity index (χ2v) is 5.92. The monoisotopic (exact) mass is 312 g/mol. The number of carbonyl (C=O) groups excluding carboxylic acids is 1. The third kappa shape index (κ3) is 1.85. The summed E-state index contributed by atoms with van der Waals surface area (Å²) in [6, 6.07) is 21.5. The van der Waals surface area contributed by atoms with Gasteiger partial charge in [0.15, 0.2) is 0 Å². The summed E-state index contributed by atoms with van der Waals surface area (Å²) in [5.41, 5.74) is 4.06. The third-order valence-electron chi connectivity index (χ3n) is 4.49. The summed E-state index contributed by atoms with van der Waals surface area (Å²) in [7, 11) is 0. The van der Waals surface area contributed by atoms with E-state index >= 15 is 0 Å². The molecule has 3 aromatic carbocycles. The first-order chi connectivity index (χ1) is 11.8. The van der Waals surface area contributed by atoms with Crippen molar-refractivity contribution in [1.29, 1.82) is 0 Å². The molecule has 0 radical (unpaired) electrons. The van der Waals surface area contributed by atoms with Crippen LogP contribution < -0.4 is 15.9 Å². The largest absolute Gasteiger partial charge is 0.456 e. The summed E-state index contributed by atoms with van der Waals surface area (Å²) in [5, 5.41) is 8.54. The van der Waals surface area contributed by atoms with E-state index in [9.17, 15) is 4.79 Å². The van der Waals surface area contributed by atoms with E-state index in [2.05, 4.69) is 10.5 Å². The van der Waals surface area contributed by atoms with Gasteiger partial charge in [0.05, 0.1) is 5.56 Å². The second kappa shape index (κ2) is 4.90. The van der Waals surface area contributed by atoms with Crippen molar-refractivity contribution in [2.24, 2.45) is 0 Å². The molecule has 5 rings (SSSR count). The van der Waals surface area contributed by atoms with E-state index in [0.29, 0.717) is 5.56 Å². The van der Waals surface area contributed by atoms with Crippen molar-refractivity contribution in [3.63, 3.8) is 0 Å². The zero-order valence-electron chi connectivity index (χ0n) is 12.7. The predicted octanol–water partition coefficient (Wildman–Crippen LogP) is 3.14. The van der Waals surface area contributed by atoms with Gasteiger partial charge in [-0.2, -0.15) is 0 Å². The van der Waals surface area contributed by atoms with Gasteiger partial charge >= 0.3 is 6.98 Å². The minimum Gasteiger partial charge on any atom is -0.456 e. The molecule has 2 heterocycles. The molecule has 1 aromatic heterocycles. The molecule has 24 heavy (non-hydrogen) atoms. The number of para-hydroxylation sites is 3. The van der Waals surface area contributed by atoms with E-state index in [0.717, 1.165) is 33.1 Å². The lowest BCUT2D eigenvalue weighted by Gasteiger charge is -2.24. The highest BCUT2D eigenvalue weighted by atomic mass is 16.3. The van der Waals surface area contributed by atoms with Crippen molar-refractivity contribution in [3.05, 3.63) is 72.3 Å². The van der Waals surface area contributed by atoms with Crippen LogP contribution in [-0.4, -0.2) is 12.9 Å². The Morgan fingerprint density at radius 1 is 0.792 bits per heavy atom. The molecule has 2 N–H and O–H groups in total. The van der Waals surface area contributed by atoms with Crippen LogP contribution in [0.5, 0.6) is 0 Å². The quantitative estimate of drug-likeness (QED) is 0.531. The molecule has 5 heteroatoms. The lowest BCUT2D eigenvalue weighted by atomic mass is 9.65. The Labute approximate surface area is 138 Å². The molecular formula is C19H13BN2O2. The highest BCUT2D eigenvalue weighted by Crippen LogP contribution is 2.28. The fourth-order valence-corrected chi connectivity index (χ4v) is 3.36. The van der Waals surface area contributed by atoms with E-state index in [1.54, 1.807) is 0 Å². The molecule has 4 nitrogen and oxygen atoms in total. The average molecular weight is 312 g/mol. The summed E-state index contributed by atoms with van der Waals surface area (Å²) in [5.74, 6) is -0.0811. The van der Waals surface area contributed by atoms with Gasteiger partial charge in [0.1, 0.15) is 11.2 Å². The van der Waals surface area contributed by atoms with Crippen LogP contribution >= 0.6 is 0 Å². The summed E-state index contributed by atoms with van der Waals surface area (Å²) < 4.78 is 6.07. The molecule has 0 bridgehead atoms. The van der Waals surface area contributed by atoms with Gasteiger partial charge in [-0.15, -0.1) is 0 Å². The first kappa shape index (κ1) is 13.3. The molecule has 0 aliphatic carbocycles. The SMILES string of the molecule is O=C1NB(c2cccc3c2oc2ccccc23)Nc2ccccc21. The predicted molar refractivity (Wildman–Crippen MR) is 96.6 cm³/mol. The Morgan fingerprint density at radius 3 is 2.54 bits per heavy atom. The average Bonchev–Trinajstić information content (AvgIpc) is 3.00. The van der Waals surface area contributed by atoms with Crippen molar-refractivity contribution in [3.8, 4) is 0 Å². The molecule has 0 fully saturated rings. The molecule has 1 aliphatic heterocycles. The van der Waals surface area contributed by atoms with Crippen molar-refractivity contribution >= 4 is 46.0 Å². The highest BCUT2D eigenvalue weighted by molar-refractivity contribution is 6.79. The number of anilines is 1. The third-order valence-corrected chi connectivity index (χ3v) is 4.49. The molecule has 0 saturated carbocycles. The number of fused-ring (bicyclic) bond motifs is 4. The Kier molecular flexibility index (Phi) is 2.70. The number of hydrogen-bond acceptors (Lipinski definition) is 3. The molecule has 1 aliphatic rings. The van der Waals surface area contributed by atoms with Crippen molar-refractivity contribution < 1.29 is 9.21 Å². The van der Waals surface area contributed by atoms with Crippen LogP contribution in [0.3, 0.4) is 0 Å². The van der Waals surface area contributed by atoms with Gasteiger partial charge in [0.2, 0.25) is 5.91 Å². The van der Waals surface area contributed by atoms with Gasteiger partial charge in [-0.1, -0.05) is 48.5 Å². The fourth-order valence-electron chi connectivity index (χ4n) is 3.36. The van der Waals surface area contributed by atoms with Gasteiger partial charge in [-0.25, -0.2) is 0 Å². The van der Waals surface area contributed by atoms with E-state index in [-0.39, 0.29) is 12.9 Å². The molecule has 1 amide bonds. The molecular weight excluding hydrogens is 299 g/mol. The van der Waals surface area contributed by atoms with Crippen LogP contribution in [0.1, 0.15) is 10.4 Å². The number of benzene rings is 3. The van der Waals surface area contributed by atoms with Crippen LogP contribution in [0, 0.1) is 0 Å². The number of rotatable bonds is 1. The number of nitrogens with one attached hydrogen (secondary N) is 2. The number of hydrogen-bond donors (Lipinski definition) is 2. The number of carbonyl (C=O) groups is 1. The normalized spacial score (nSPS) is 13.7. The van der Waals surface area contributed by atoms with Crippen LogP contribution in [0.4, 0.5) is 5.69 Å². The smallest absolute Gasteiger partial charge is 0.412 e. The van der Waals surface area contributed by atoms with Gasteiger partial charge in [-0.05, 0) is 18.2 Å². The maximum absolute atomic E-state index is 12.4. The summed E-state index contributed by atoms with van der Waals surface area (Å²) in [4.78, 5) is 12.4. The highest BCUT2D eigenvalue weighted by Gasteiger charge is 2.31. The maximum Gasteiger partial charge on any atom is 0.412 e.